The zero-order valence-corrected chi connectivity index (χ0v) is 18.8. The molecule has 0 atom stereocenters. The lowest BCUT2D eigenvalue weighted by Gasteiger charge is -2.14. The van der Waals surface area contributed by atoms with Gasteiger partial charge >= 0.3 is 0 Å². The molecule has 3 rings (SSSR count). The Morgan fingerprint density at radius 1 is 1.14 bits per heavy atom. The number of rotatable bonds is 7. The average Bonchev–Trinajstić information content (AvgIpc) is 2.96. The van der Waals surface area contributed by atoms with Crippen molar-refractivity contribution in [2.24, 2.45) is 0 Å². The number of hydrogen-bond acceptors (Lipinski definition) is 5. The number of aryl methyl sites for hydroxylation is 1. The van der Waals surface area contributed by atoms with Gasteiger partial charge in [0.05, 0.1) is 23.6 Å². The summed E-state index contributed by atoms with van der Waals surface area (Å²) in [5, 5.41) is 0. The first-order chi connectivity index (χ1) is 13.5. The van der Waals surface area contributed by atoms with Gasteiger partial charge in [0.1, 0.15) is 15.8 Å². The lowest BCUT2D eigenvalue weighted by atomic mass is 10.1. The van der Waals surface area contributed by atoms with Gasteiger partial charge < -0.3 is 9.47 Å². The predicted octanol–water partition coefficient (Wildman–Crippen LogP) is 5.30. The van der Waals surface area contributed by atoms with Crippen molar-refractivity contribution < 1.29 is 14.3 Å². The summed E-state index contributed by atoms with van der Waals surface area (Å²) in [7, 11) is 3.19. The molecule has 1 amide bonds. The number of thiocarbonyl (C=S) groups is 1. The molecular weight excluding hydrogens is 458 g/mol. The Morgan fingerprint density at radius 3 is 2.54 bits per heavy atom. The number of ether oxygens (including phenoxy) is 2. The maximum absolute atomic E-state index is 12.8. The molecule has 0 bridgehead atoms. The maximum Gasteiger partial charge on any atom is 0.266 e. The van der Waals surface area contributed by atoms with E-state index in [1.165, 1.54) is 17.3 Å². The molecule has 0 aromatic heterocycles. The van der Waals surface area contributed by atoms with Crippen LogP contribution in [0, 0.1) is 0 Å². The minimum Gasteiger partial charge on any atom is -0.496 e. The van der Waals surface area contributed by atoms with Gasteiger partial charge in [0.2, 0.25) is 0 Å². The SMILES string of the molecule is COc1cc(OC)c(/C=C2\SC(=S)N(CCCc3ccccc3)C2=O)cc1Br. The number of hydrogen-bond donors (Lipinski definition) is 0. The van der Waals surface area contributed by atoms with Crippen molar-refractivity contribution in [1.82, 2.24) is 4.90 Å². The largest absolute Gasteiger partial charge is 0.496 e. The molecule has 1 heterocycles. The van der Waals surface area contributed by atoms with Crippen molar-refractivity contribution >= 4 is 56.2 Å². The van der Waals surface area contributed by atoms with Crippen molar-refractivity contribution in [3.8, 4) is 11.5 Å². The first kappa shape index (κ1) is 20.9. The summed E-state index contributed by atoms with van der Waals surface area (Å²) in [6.07, 6.45) is 3.59. The van der Waals surface area contributed by atoms with Gasteiger partial charge in [-0.1, -0.05) is 54.3 Å². The smallest absolute Gasteiger partial charge is 0.266 e. The highest BCUT2D eigenvalue weighted by Crippen LogP contribution is 2.38. The van der Waals surface area contributed by atoms with Crippen molar-refractivity contribution in [1.29, 1.82) is 0 Å². The van der Waals surface area contributed by atoms with E-state index in [-0.39, 0.29) is 5.91 Å². The topological polar surface area (TPSA) is 38.8 Å². The fourth-order valence-corrected chi connectivity index (χ4v) is 4.74. The second-order valence-corrected chi connectivity index (χ2v) is 8.68. The molecule has 28 heavy (non-hydrogen) atoms. The Morgan fingerprint density at radius 2 is 1.86 bits per heavy atom. The summed E-state index contributed by atoms with van der Waals surface area (Å²) >= 11 is 10.2. The number of benzene rings is 2. The standard InChI is InChI=1S/C21H20BrNO3S2/c1-25-17-13-18(26-2)16(22)11-15(17)12-19-20(24)23(21(27)28-19)10-6-9-14-7-4-3-5-8-14/h3-5,7-8,11-13H,6,9-10H2,1-2H3/b19-12-. The number of amides is 1. The summed E-state index contributed by atoms with van der Waals surface area (Å²) in [5.41, 5.74) is 2.05. The Labute approximate surface area is 183 Å². The number of carbonyl (C=O) groups excluding carboxylic acids is 1. The molecule has 0 unspecified atom stereocenters. The van der Waals surface area contributed by atoms with Gasteiger partial charge in [-0.25, -0.2) is 0 Å². The summed E-state index contributed by atoms with van der Waals surface area (Å²) < 4.78 is 12.1. The van der Waals surface area contributed by atoms with E-state index in [4.69, 9.17) is 21.7 Å². The molecule has 0 saturated carbocycles. The van der Waals surface area contributed by atoms with Crippen LogP contribution in [-0.2, 0) is 11.2 Å². The van der Waals surface area contributed by atoms with E-state index in [2.05, 4.69) is 28.1 Å². The molecule has 1 saturated heterocycles. The Bertz CT molecular complexity index is 915. The molecule has 0 radical (unpaired) electrons. The second kappa shape index (κ2) is 9.58. The van der Waals surface area contributed by atoms with Crippen molar-refractivity contribution in [3.05, 3.63) is 63.0 Å². The van der Waals surface area contributed by atoms with Crippen LogP contribution in [0.3, 0.4) is 0 Å². The monoisotopic (exact) mass is 477 g/mol. The summed E-state index contributed by atoms with van der Waals surface area (Å²) in [4.78, 5) is 15.1. The van der Waals surface area contributed by atoms with Crippen LogP contribution < -0.4 is 9.47 Å². The third-order valence-electron chi connectivity index (χ3n) is 4.35. The molecule has 0 aliphatic carbocycles. The van der Waals surface area contributed by atoms with E-state index in [0.29, 0.717) is 27.3 Å². The lowest BCUT2D eigenvalue weighted by Crippen LogP contribution is -2.29. The molecule has 0 N–H and O–H groups in total. The van der Waals surface area contributed by atoms with Gasteiger partial charge in [-0.2, -0.15) is 0 Å². The number of methoxy groups -OCH3 is 2. The van der Waals surface area contributed by atoms with E-state index in [0.717, 1.165) is 22.9 Å². The van der Waals surface area contributed by atoms with E-state index in [1.54, 1.807) is 25.2 Å². The van der Waals surface area contributed by atoms with Crippen LogP contribution in [0.15, 0.2) is 51.8 Å². The van der Waals surface area contributed by atoms with Crippen molar-refractivity contribution in [2.45, 2.75) is 12.8 Å². The van der Waals surface area contributed by atoms with Crippen LogP contribution >= 0.6 is 39.9 Å². The van der Waals surface area contributed by atoms with Crippen LogP contribution in [0.2, 0.25) is 0 Å². The zero-order valence-electron chi connectivity index (χ0n) is 15.6. The van der Waals surface area contributed by atoms with Crippen LogP contribution in [0.5, 0.6) is 11.5 Å². The highest BCUT2D eigenvalue weighted by atomic mass is 79.9. The molecule has 0 spiro atoms. The molecule has 2 aromatic rings. The second-order valence-electron chi connectivity index (χ2n) is 6.15. The number of nitrogens with zero attached hydrogens (tertiary/aromatic N) is 1. The molecular formula is C21H20BrNO3S2. The average molecular weight is 478 g/mol. The Balaban J connectivity index is 1.73. The minimum atomic E-state index is -0.0583. The summed E-state index contributed by atoms with van der Waals surface area (Å²) in [6.45, 7) is 0.611. The Hall–Kier alpha value is -1.83. The van der Waals surface area contributed by atoms with Gasteiger partial charge in [0.25, 0.3) is 5.91 Å². The van der Waals surface area contributed by atoms with Gasteiger partial charge in [-0.3, -0.25) is 9.69 Å². The van der Waals surface area contributed by atoms with Crippen LogP contribution in [0.25, 0.3) is 6.08 Å². The first-order valence-electron chi connectivity index (χ1n) is 8.74. The van der Waals surface area contributed by atoms with Gasteiger partial charge in [-0.15, -0.1) is 0 Å². The quantitative estimate of drug-likeness (QED) is 0.399. The highest BCUT2D eigenvalue weighted by Gasteiger charge is 2.31. The van der Waals surface area contributed by atoms with E-state index < -0.39 is 0 Å². The van der Waals surface area contributed by atoms with E-state index in [1.807, 2.05) is 30.3 Å². The third-order valence-corrected chi connectivity index (χ3v) is 6.35. The predicted molar refractivity (Wildman–Crippen MR) is 122 cm³/mol. The molecule has 4 nitrogen and oxygen atoms in total. The first-order valence-corrected chi connectivity index (χ1v) is 10.8. The molecule has 1 aliphatic rings. The Kier molecular flexibility index (Phi) is 7.15. The number of halogens is 1. The normalized spacial score (nSPS) is 15.4. The minimum absolute atomic E-state index is 0.0583. The van der Waals surface area contributed by atoms with Gasteiger partial charge in [0, 0.05) is 18.2 Å². The van der Waals surface area contributed by atoms with E-state index >= 15 is 0 Å². The summed E-state index contributed by atoms with van der Waals surface area (Å²) in [5.74, 6) is 1.24. The van der Waals surface area contributed by atoms with E-state index in [9.17, 15) is 4.79 Å². The van der Waals surface area contributed by atoms with Crippen LogP contribution in [0.1, 0.15) is 17.5 Å². The summed E-state index contributed by atoms with van der Waals surface area (Å²) in [6, 6.07) is 13.9. The zero-order chi connectivity index (χ0) is 20.1. The maximum atomic E-state index is 12.8. The van der Waals surface area contributed by atoms with Crippen LogP contribution in [0.4, 0.5) is 0 Å². The van der Waals surface area contributed by atoms with Crippen LogP contribution in [-0.4, -0.2) is 35.9 Å². The van der Waals surface area contributed by atoms with Crippen molar-refractivity contribution in [2.75, 3.05) is 20.8 Å². The fraction of sp³-hybridized carbons (Fsp3) is 0.238. The third kappa shape index (κ3) is 4.77. The molecule has 1 fully saturated rings. The fourth-order valence-electron chi connectivity index (χ4n) is 2.92. The molecule has 7 heteroatoms. The number of thioether (sulfide) groups is 1. The molecule has 1 aliphatic heterocycles. The highest BCUT2D eigenvalue weighted by molar-refractivity contribution is 9.10. The van der Waals surface area contributed by atoms with Gasteiger partial charge in [-0.05, 0) is 46.5 Å². The lowest BCUT2D eigenvalue weighted by molar-refractivity contribution is -0.122. The number of carbonyl (C=O) groups is 1. The van der Waals surface area contributed by atoms with Gasteiger partial charge in [0.15, 0.2) is 0 Å². The van der Waals surface area contributed by atoms with Crippen molar-refractivity contribution in [3.63, 3.8) is 0 Å². The molecule has 2 aromatic carbocycles. The molecule has 146 valence electrons.